The Hall–Kier alpha value is -3.63. The van der Waals surface area contributed by atoms with Gasteiger partial charge in [-0.05, 0) is 55.2 Å². The average molecular weight is 733 g/mol. The van der Waals surface area contributed by atoms with E-state index in [1.165, 1.54) is 22.5 Å². The van der Waals surface area contributed by atoms with Crippen molar-refractivity contribution in [2.75, 3.05) is 46.2 Å². The summed E-state index contributed by atoms with van der Waals surface area (Å²) < 4.78 is 57.7. The number of rotatable bonds is 18. The first-order chi connectivity index (χ1) is 24.4. The minimum absolute atomic E-state index is 0.0298. The number of unbranched alkanes of at least 4 members (excludes halogenated alkanes) is 1. The fraction of sp³-hybridized carbons (Fsp3) is 0.611. The van der Waals surface area contributed by atoms with Crippen LogP contribution in [0.15, 0.2) is 53.4 Å². The average Bonchev–Trinajstić information content (AvgIpc) is 3.85. The van der Waals surface area contributed by atoms with Crippen LogP contribution in [0.3, 0.4) is 0 Å². The molecule has 15 heteroatoms. The van der Waals surface area contributed by atoms with Crippen LogP contribution in [0.4, 0.5) is 9.59 Å². The zero-order valence-corrected chi connectivity index (χ0v) is 30.3. The Morgan fingerprint density at radius 1 is 1.10 bits per heavy atom. The minimum atomic E-state index is -4.28. The largest absolute Gasteiger partial charge is 0.530 e. The number of carbonyl (C=O) groups is 2. The van der Waals surface area contributed by atoms with E-state index in [9.17, 15) is 28.2 Å². The first-order valence-corrected chi connectivity index (χ1v) is 19.1. The van der Waals surface area contributed by atoms with E-state index in [0.717, 1.165) is 23.3 Å². The van der Waals surface area contributed by atoms with Crippen LogP contribution >= 0.6 is 0 Å². The van der Waals surface area contributed by atoms with Gasteiger partial charge in [-0.3, -0.25) is 0 Å². The molecule has 0 aliphatic carbocycles. The molecular formula is C36H50N3O11S-. The summed E-state index contributed by atoms with van der Waals surface area (Å²) in [4.78, 5) is 26.0. The van der Waals surface area contributed by atoms with E-state index in [0.29, 0.717) is 38.2 Å². The van der Waals surface area contributed by atoms with Crippen LogP contribution in [-0.4, -0.2) is 106 Å². The highest BCUT2D eigenvalue weighted by Gasteiger charge is 2.47. The number of carboxylic acid groups (broad SMARTS) is 1. The van der Waals surface area contributed by atoms with Gasteiger partial charge in [0.15, 0.2) is 17.8 Å². The van der Waals surface area contributed by atoms with Crippen molar-refractivity contribution in [1.82, 2.24) is 14.5 Å². The summed E-state index contributed by atoms with van der Waals surface area (Å²) in [6.45, 7) is 6.49. The zero-order valence-electron chi connectivity index (χ0n) is 29.5. The van der Waals surface area contributed by atoms with Gasteiger partial charge in [0, 0.05) is 31.6 Å². The van der Waals surface area contributed by atoms with Gasteiger partial charge in [-0.15, -0.1) is 0 Å². The molecule has 3 aliphatic rings. The molecule has 0 spiro atoms. The number of alkyl carbamates (subject to hydrolysis) is 1. The number of benzene rings is 2. The molecule has 2 saturated heterocycles. The Balaban J connectivity index is 1.40. The molecule has 0 aromatic heterocycles. The number of aliphatic hydroxyl groups excluding tert-OH is 1. The van der Waals surface area contributed by atoms with E-state index in [2.05, 4.69) is 5.32 Å². The molecule has 5 rings (SSSR count). The lowest BCUT2D eigenvalue weighted by molar-refractivity contribution is -0.273. The second kappa shape index (κ2) is 17.3. The predicted molar refractivity (Wildman–Crippen MR) is 183 cm³/mol. The summed E-state index contributed by atoms with van der Waals surface area (Å²) in [5, 5.41) is 27.7. The van der Waals surface area contributed by atoms with Crippen LogP contribution in [0.2, 0.25) is 0 Å². The van der Waals surface area contributed by atoms with Crippen molar-refractivity contribution in [2.45, 2.75) is 88.7 Å². The van der Waals surface area contributed by atoms with Gasteiger partial charge < -0.3 is 48.9 Å². The van der Waals surface area contributed by atoms with Gasteiger partial charge in [0.2, 0.25) is 16.8 Å². The summed E-state index contributed by atoms with van der Waals surface area (Å²) >= 11 is 0. The number of nitrogens with zero attached hydrogens (tertiary/aromatic N) is 2. The number of fused-ring (bicyclic) bond motifs is 2. The molecule has 51 heavy (non-hydrogen) atoms. The Morgan fingerprint density at radius 3 is 2.61 bits per heavy atom. The Kier molecular flexibility index (Phi) is 13.1. The molecule has 14 nitrogen and oxygen atoms in total. The zero-order chi connectivity index (χ0) is 36.6. The molecular weight excluding hydrogens is 682 g/mol. The maximum absolute atomic E-state index is 14.4. The van der Waals surface area contributed by atoms with Crippen LogP contribution in [0, 0.1) is 11.3 Å². The summed E-state index contributed by atoms with van der Waals surface area (Å²) in [5.41, 5.74) is 0.108. The molecule has 2 fully saturated rings. The second-order valence-corrected chi connectivity index (χ2v) is 16.0. The van der Waals surface area contributed by atoms with Gasteiger partial charge >= 0.3 is 6.09 Å². The maximum Gasteiger partial charge on any atom is 0.407 e. The number of hydrogen-bond donors (Lipinski definition) is 2. The van der Waals surface area contributed by atoms with Crippen LogP contribution < -0.4 is 19.9 Å². The number of sulfonamides is 1. The fourth-order valence-electron chi connectivity index (χ4n) is 6.98. The van der Waals surface area contributed by atoms with Crippen molar-refractivity contribution in [2.24, 2.45) is 11.3 Å². The van der Waals surface area contributed by atoms with E-state index in [-0.39, 0.29) is 49.5 Å². The van der Waals surface area contributed by atoms with Gasteiger partial charge in [0.05, 0.1) is 42.9 Å². The van der Waals surface area contributed by atoms with Crippen LogP contribution in [0.5, 0.6) is 11.5 Å². The molecule has 3 heterocycles. The molecule has 0 unspecified atom stereocenters. The summed E-state index contributed by atoms with van der Waals surface area (Å²) in [7, 11) is -4.28. The number of aliphatic hydroxyl groups is 1. The monoisotopic (exact) mass is 732 g/mol. The Labute approximate surface area is 300 Å². The minimum Gasteiger partial charge on any atom is -0.530 e. The number of nitrogens with one attached hydrogen (secondary N) is 1. The molecule has 3 aliphatic heterocycles. The first-order valence-electron chi connectivity index (χ1n) is 17.6. The quantitative estimate of drug-likeness (QED) is 0.216. The molecule has 0 radical (unpaired) electrons. The topological polar surface area (TPSA) is 176 Å². The Morgan fingerprint density at radius 2 is 1.86 bits per heavy atom. The van der Waals surface area contributed by atoms with Crippen molar-refractivity contribution in [3.63, 3.8) is 0 Å². The van der Waals surface area contributed by atoms with Crippen LogP contribution in [0.1, 0.15) is 58.4 Å². The van der Waals surface area contributed by atoms with Gasteiger partial charge in [-0.1, -0.05) is 57.5 Å². The lowest BCUT2D eigenvalue weighted by Crippen LogP contribution is -2.61. The van der Waals surface area contributed by atoms with Crippen LogP contribution in [0.25, 0.3) is 0 Å². The molecule has 0 bridgehead atoms. The number of carbonyl (C=O) groups excluding carboxylic acids is 2. The van der Waals surface area contributed by atoms with Crippen molar-refractivity contribution in [3.8, 4) is 11.5 Å². The summed E-state index contributed by atoms with van der Waals surface area (Å²) in [6, 6.07) is 11.7. The van der Waals surface area contributed by atoms with Crippen molar-refractivity contribution >= 4 is 22.2 Å². The molecule has 5 atom stereocenters. The number of ether oxygens (including phenoxy) is 5. The van der Waals surface area contributed by atoms with E-state index in [1.54, 1.807) is 0 Å². The standard InChI is InChI=1S/C36H51N3O11S/c1-4-5-16-37-34(41)47-17-9-15-36(2,3)23-38(51(44,45)26-12-13-31-32(20-26)50-24-49-31)21-30(40)28(19-25-10-7-6-8-11-25)39(35(42)43)29-22-48-33-27(29)14-18-46-33/h6-8,10-13,20,27-30,33,40H,4-5,9,14-19,21-24H2,1-3H3,(H,37,41)(H,42,43)/p-1/t27-,28-,29-,30+,33+/m0/s1. The SMILES string of the molecule is CCCCNC(=O)OCCCC(C)(C)CN(C[C@@H](O)[C@H](Cc1ccccc1)N(C(=O)[O-])[C@H]1CO[C@H]2OCC[C@H]21)S(=O)(=O)c1ccc2c(c1)OCO2. The first kappa shape index (κ1) is 38.6. The lowest BCUT2D eigenvalue weighted by Gasteiger charge is -2.43. The van der Waals surface area contributed by atoms with Gasteiger partial charge in [-0.2, -0.15) is 4.31 Å². The molecule has 2 aromatic carbocycles. The van der Waals surface area contributed by atoms with E-state index < -0.39 is 58.6 Å². The molecule has 2 N–H and O–H groups in total. The normalized spacial score (nSPS) is 20.9. The molecule has 2 aromatic rings. The number of hydrogen-bond acceptors (Lipinski definition) is 11. The maximum atomic E-state index is 14.4. The highest BCUT2D eigenvalue weighted by molar-refractivity contribution is 7.89. The third-order valence-corrected chi connectivity index (χ3v) is 11.5. The summed E-state index contributed by atoms with van der Waals surface area (Å²) in [6.07, 6.45) is -0.589. The molecule has 2 amide bonds. The highest BCUT2D eigenvalue weighted by Crippen LogP contribution is 2.38. The predicted octanol–water partition coefficient (Wildman–Crippen LogP) is 3.12. The Bertz CT molecular complexity index is 1580. The molecule has 0 saturated carbocycles. The van der Waals surface area contributed by atoms with E-state index in [1.807, 2.05) is 51.1 Å². The van der Waals surface area contributed by atoms with E-state index in [4.69, 9.17) is 23.7 Å². The van der Waals surface area contributed by atoms with Crippen molar-refractivity contribution in [3.05, 3.63) is 54.1 Å². The van der Waals surface area contributed by atoms with Crippen molar-refractivity contribution in [1.29, 1.82) is 0 Å². The van der Waals surface area contributed by atoms with Crippen LogP contribution in [-0.2, 0) is 30.7 Å². The highest BCUT2D eigenvalue weighted by atomic mass is 32.2. The fourth-order valence-corrected chi connectivity index (χ4v) is 8.64. The smallest absolute Gasteiger partial charge is 0.407 e. The third-order valence-electron chi connectivity index (χ3n) is 9.67. The lowest BCUT2D eigenvalue weighted by atomic mass is 9.87. The van der Waals surface area contributed by atoms with Crippen molar-refractivity contribution < 1.29 is 51.9 Å². The van der Waals surface area contributed by atoms with Gasteiger partial charge in [0.25, 0.3) is 0 Å². The molecule has 282 valence electrons. The van der Waals surface area contributed by atoms with Gasteiger partial charge in [0.1, 0.15) is 6.09 Å². The number of amides is 2. The van der Waals surface area contributed by atoms with Gasteiger partial charge in [-0.25, -0.2) is 13.2 Å². The second-order valence-electron chi connectivity index (χ2n) is 14.1. The summed E-state index contributed by atoms with van der Waals surface area (Å²) in [5.74, 6) is 0.446. The third kappa shape index (κ3) is 9.83. The van der Waals surface area contributed by atoms with E-state index >= 15 is 0 Å².